The minimum atomic E-state index is -0.977. The molecule has 1 nitrogen and oxygen atoms in total. The topological polar surface area (TPSA) is 9.23 Å². The summed E-state index contributed by atoms with van der Waals surface area (Å²) in [5.41, 5.74) is 4.07. The quantitative estimate of drug-likeness (QED) is 0.182. The van der Waals surface area contributed by atoms with Gasteiger partial charge in [0.05, 0.1) is 6.61 Å². The minimum absolute atomic E-state index is 0.0675. The Bertz CT molecular complexity index is 1260. The van der Waals surface area contributed by atoms with Gasteiger partial charge in [0.1, 0.15) is 5.82 Å². The first-order valence-electron chi connectivity index (χ1n) is 15.2. The molecule has 0 heterocycles. The highest BCUT2D eigenvalue weighted by Crippen LogP contribution is 2.36. The van der Waals surface area contributed by atoms with Crippen LogP contribution in [0.25, 0.3) is 27.8 Å². The Morgan fingerprint density at radius 2 is 1.35 bits per heavy atom. The Morgan fingerprint density at radius 1 is 0.700 bits per heavy atom. The molecule has 1 aliphatic rings. The van der Waals surface area contributed by atoms with E-state index in [-0.39, 0.29) is 17.1 Å². The molecule has 0 fully saturated rings. The van der Waals surface area contributed by atoms with E-state index in [9.17, 15) is 8.78 Å². The van der Waals surface area contributed by atoms with Crippen LogP contribution in [0.5, 0.6) is 5.75 Å². The molecular weight excluding hydrogens is 505 g/mol. The Labute approximate surface area is 238 Å². The molecule has 0 radical (unpaired) electrons. The second-order valence-corrected chi connectivity index (χ2v) is 11.1. The van der Waals surface area contributed by atoms with Gasteiger partial charge >= 0.3 is 0 Å². The maximum atomic E-state index is 15.2. The number of hydrogen-bond acceptors (Lipinski definition) is 1. The fraction of sp³-hybridized carbons (Fsp3) is 0.444. The average Bonchev–Trinajstić information content (AvgIpc) is 2.98. The smallest absolute Gasteiger partial charge is 0.201 e. The highest BCUT2D eigenvalue weighted by molar-refractivity contribution is 5.74. The van der Waals surface area contributed by atoms with Crippen molar-refractivity contribution in [1.29, 1.82) is 0 Å². The zero-order chi connectivity index (χ0) is 28.3. The zero-order valence-electron chi connectivity index (χ0n) is 24.1. The van der Waals surface area contributed by atoms with E-state index in [4.69, 9.17) is 4.74 Å². The Kier molecular flexibility index (Phi) is 11.3. The van der Waals surface area contributed by atoms with Gasteiger partial charge < -0.3 is 4.74 Å². The summed E-state index contributed by atoms with van der Waals surface area (Å²) in [6.45, 7) is 4.68. The van der Waals surface area contributed by atoms with Crippen LogP contribution in [0.2, 0.25) is 0 Å². The summed E-state index contributed by atoms with van der Waals surface area (Å²) in [6, 6.07) is 15.4. The van der Waals surface area contributed by atoms with Crippen molar-refractivity contribution in [1.82, 2.24) is 0 Å². The molecule has 0 saturated heterocycles. The Hall–Kier alpha value is -3.01. The van der Waals surface area contributed by atoms with Gasteiger partial charge in [0.15, 0.2) is 11.6 Å². The highest BCUT2D eigenvalue weighted by atomic mass is 19.2. The van der Waals surface area contributed by atoms with Crippen molar-refractivity contribution >= 4 is 5.57 Å². The number of benzene rings is 3. The molecule has 0 aromatic heterocycles. The van der Waals surface area contributed by atoms with Crippen molar-refractivity contribution < 1.29 is 17.9 Å². The van der Waals surface area contributed by atoms with Gasteiger partial charge in [0, 0.05) is 11.1 Å². The number of hydrogen-bond donors (Lipinski definition) is 0. The summed E-state index contributed by atoms with van der Waals surface area (Å²) in [4.78, 5) is 0. The Balaban J connectivity index is 1.39. The first-order chi connectivity index (χ1) is 19.5. The number of halogens is 3. The van der Waals surface area contributed by atoms with Crippen molar-refractivity contribution in [2.75, 3.05) is 6.61 Å². The lowest BCUT2D eigenvalue weighted by Gasteiger charge is -2.22. The van der Waals surface area contributed by atoms with Crippen molar-refractivity contribution in [3.05, 3.63) is 83.7 Å². The average molecular weight is 549 g/mol. The lowest BCUT2D eigenvalue weighted by atomic mass is 9.83. The van der Waals surface area contributed by atoms with Gasteiger partial charge in [0.25, 0.3) is 0 Å². The molecule has 3 aromatic rings. The SMILES string of the molecule is CCCCCCCC1CC=C(c2ccc(-c3ccc(-c4ccc(OCCCCC)c(F)c4F)cc3)c(F)c2)CC1. The lowest BCUT2D eigenvalue weighted by Crippen LogP contribution is -2.05. The number of allylic oxidation sites excluding steroid dienone is 2. The Morgan fingerprint density at radius 3 is 2.02 bits per heavy atom. The van der Waals surface area contributed by atoms with Crippen LogP contribution in [-0.4, -0.2) is 6.61 Å². The molecule has 0 N–H and O–H groups in total. The summed E-state index contributed by atoms with van der Waals surface area (Å²) in [5.74, 6) is -1.50. The van der Waals surface area contributed by atoms with Crippen LogP contribution in [0.15, 0.2) is 60.7 Å². The van der Waals surface area contributed by atoms with E-state index in [1.807, 2.05) is 12.1 Å². The highest BCUT2D eigenvalue weighted by Gasteiger charge is 2.18. The van der Waals surface area contributed by atoms with E-state index in [0.717, 1.165) is 43.6 Å². The maximum absolute atomic E-state index is 15.2. The second kappa shape index (κ2) is 15.1. The summed E-state index contributed by atoms with van der Waals surface area (Å²) >= 11 is 0. The minimum Gasteiger partial charge on any atom is -0.490 e. The van der Waals surface area contributed by atoms with Gasteiger partial charge in [-0.05, 0) is 72.1 Å². The molecular formula is C36H43F3O. The lowest BCUT2D eigenvalue weighted by molar-refractivity contribution is 0.286. The van der Waals surface area contributed by atoms with E-state index in [0.29, 0.717) is 23.3 Å². The molecule has 0 spiro atoms. The molecule has 0 saturated carbocycles. The first kappa shape index (κ1) is 30.0. The number of ether oxygens (including phenoxy) is 1. The molecule has 4 heteroatoms. The van der Waals surface area contributed by atoms with Gasteiger partial charge in [-0.2, -0.15) is 4.39 Å². The van der Waals surface area contributed by atoms with Crippen LogP contribution < -0.4 is 4.74 Å². The molecule has 4 rings (SSSR count). The summed E-state index contributed by atoms with van der Waals surface area (Å²) < 4.78 is 50.1. The summed E-state index contributed by atoms with van der Waals surface area (Å²) in [6.07, 6.45) is 16.3. The molecule has 0 amide bonds. The maximum Gasteiger partial charge on any atom is 0.201 e. The van der Waals surface area contributed by atoms with Crippen LogP contribution >= 0.6 is 0 Å². The molecule has 0 bridgehead atoms. The van der Waals surface area contributed by atoms with Crippen molar-refractivity contribution in [3.8, 4) is 28.0 Å². The first-order valence-corrected chi connectivity index (χ1v) is 15.2. The number of unbranched alkanes of at least 4 members (excludes halogenated alkanes) is 6. The molecule has 40 heavy (non-hydrogen) atoms. The van der Waals surface area contributed by atoms with Crippen LogP contribution in [0.4, 0.5) is 13.2 Å². The van der Waals surface area contributed by atoms with Crippen molar-refractivity contribution in [3.63, 3.8) is 0 Å². The van der Waals surface area contributed by atoms with Gasteiger partial charge in [-0.3, -0.25) is 0 Å². The van der Waals surface area contributed by atoms with Crippen molar-refractivity contribution in [2.24, 2.45) is 5.92 Å². The van der Waals surface area contributed by atoms with E-state index in [2.05, 4.69) is 19.9 Å². The largest absolute Gasteiger partial charge is 0.490 e. The molecule has 1 unspecified atom stereocenters. The molecule has 1 aliphatic carbocycles. The van der Waals surface area contributed by atoms with E-state index < -0.39 is 11.6 Å². The standard InChI is InChI=1S/C36H43F3O/c1-3-5-7-8-9-11-26-12-14-27(15-13-26)30-20-21-31(33(37)25-30)28-16-18-29(19-17-28)32-22-23-34(36(39)35(32)38)40-24-10-6-4-2/h14,16-23,25-26H,3-13,15,24H2,1-2H3. The van der Waals surface area contributed by atoms with E-state index in [1.165, 1.54) is 62.7 Å². The monoisotopic (exact) mass is 548 g/mol. The normalized spacial score (nSPS) is 15.2. The van der Waals surface area contributed by atoms with Gasteiger partial charge in [-0.25, -0.2) is 8.78 Å². The van der Waals surface area contributed by atoms with E-state index in [1.54, 1.807) is 30.3 Å². The third-order valence-corrected chi connectivity index (χ3v) is 8.13. The van der Waals surface area contributed by atoms with Crippen LogP contribution in [0, 0.1) is 23.4 Å². The zero-order valence-corrected chi connectivity index (χ0v) is 24.1. The van der Waals surface area contributed by atoms with Gasteiger partial charge in [-0.15, -0.1) is 0 Å². The van der Waals surface area contributed by atoms with Gasteiger partial charge in [-0.1, -0.05) is 108 Å². The van der Waals surface area contributed by atoms with Crippen LogP contribution in [0.3, 0.4) is 0 Å². The number of rotatable bonds is 14. The molecule has 214 valence electrons. The third-order valence-electron chi connectivity index (χ3n) is 8.13. The predicted molar refractivity (Wildman–Crippen MR) is 161 cm³/mol. The van der Waals surface area contributed by atoms with Crippen LogP contribution in [0.1, 0.15) is 96.5 Å². The van der Waals surface area contributed by atoms with Crippen LogP contribution in [-0.2, 0) is 0 Å². The predicted octanol–water partition coefficient (Wildman–Crippen LogP) is 11.6. The van der Waals surface area contributed by atoms with E-state index >= 15 is 4.39 Å². The fourth-order valence-corrected chi connectivity index (χ4v) is 5.63. The molecule has 3 aromatic carbocycles. The van der Waals surface area contributed by atoms with Gasteiger partial charge in [0.2, 0.25) is 5.82 Å². The summed E-state index contributed by atoms with van der Waals surface area (Å²) in [7, 11) is 0. The summed E-state index contributed by atoms with van der Waals surface area (Å²) in [5, 5.41) is 0. The molecule has 0 aliphatic heterocycles. The second-order valence-electron chi connectivity index (χ2n) is 11.1. The fourth-order valence-electron chi connectivity index (χ4n) is 5.63. The third kappa shape index (κ3) is 7.80. The van der Waals surface area contributed by atoms with Crippen molar-refractivity contribution in [2.45, 2.75) is 90.9 Å². The molecule has 1 atom stereocenters.